The molecule has 0 saturated heterocycles. The molecule has 0 bridgehead atoms. The molecule has 0 radical (unpaired) electrons. The van der Waals surface area contributed by atoms with Crippen LogP contribution in [0.3, 0.4) is 0 Å². The Morgan fingerprint density at radius 2 is 2.36 bits per heavy atom. The van der Waals surface area contributed by atoms with Crippen molar-refractivity contribution in [2.75, 3.05) is 13.7 Å². The van der Waals surface area contributed by atoms with Crippen LogP contribution in [0.5, 0.6) is 0 Å². The second-order valence-corrected chi connectivity index (χ2v) is 4.33. The maximum atomic E-state index is 6.26. The van der Waals surface area contributed by atoms with Crippen molar-refractivity contribution in [3.63, 3.8) is 0 Å². The van der Waals surface area contributed by atoms with Crippen LogP contribution in [0.15, 0.2) is 18.2 Å². The topological polar surface area (TPSA) is 35.2 Å². The van der Waals surface area contributed by atoms with Gasteiger partial charge in [0.25, 0.3) is 0 Å². The fourth-order valence-electron chi connectivity index (χ4n) is 2.15. The third-order valence-corrected chi connectivity index (χ3v) is 3.08. The van der Waals surface area contributed by atoms with Crippen LogP contribution in [0.25, 0.3) is 0 Å². The Morgan fingerprint density at radius 3 is 3.07 bits per heavy atom. The number of fused-ring (bicyclic) bond motifs is 1. The first-order chi connectivity index (χ1) is 6.65. The molecule has 0 amide bonds. The van der Waals surface area contributed by atoms with Crippen molar-refractivity contribution in [2.24, 2.45) is 5.73 Å². The summed E-state index contributed by atoms with van der Waals surface area (Å²) in [5.74, 6) is 0. The third kappa shape index (κ3) is 1.54. The molecule has 1 unspecified atom stereocenters. The zero-order chi connectivity index (χ0) is 10.2. The van der Waals surface area contributed by atoms with Crippen molar-refractivity contribution < 1.29 is 4.74 Å². The molecular weight excluding hydrogens is 198 g/mol. The van der Waals surface area contributed by atoms with Crippen LogP contribution in [-0.4, -0.2) is 13.7 Å². The number of aryl methyl sites for hydroxylation is 1. The molecule has 1 atom stereocenters. The smallest absolute Gasteiger partial charge is 0.0684 e. The highest BCUT2D eigenvalue weighted by Gasteiger charge is 2.34. The zero-order valence-electron chi connectivity index (χ0n) is 8.22. The van der Waals surface area contributed by atoms with Crippen molar-refractivity contribution in [1.29, 1.82) is 0 Å². The summed E-state index contributed by atoms with van der Waals surface area (Å²) < 4.78 is 5.16. The molecule has 0 heterocycles. The van der Waals surface area contributed by atoms with Gasteiger partial charge in [-0.2, -0.15) is 0 Å². The quantitative estimate of drug-likeness (QED) is 0.813. The van der Waals surface area contributed by atoms with Gasteiger partial charge in [0, 0.05) is 12.1 Å². The lowest BCUT2D eigenvalue weighted by molar-refractivity contribution is 0.132. The first-order valence-corrected chi connectivity index (χ1v) is 5.10. The lowest BCUT2D eigenvalue weighted by Crippen LogP contribution is -2.38. The van der Waals surface area contributed by atoms with E-state index < -0.39 is 0 Å². The highest BCUT2D eigenvalue weighted by molar-refractivity contribution is 6.30. The molecule has 0 spiro atoms. The maximum Gasteiger partial charge on any atom is 0.0684 e. The molecule has 1 aromatic rings. The van der Waals surface area contributed by atoms with Crippen LogP contribution < -0.4 is 5.73 Å². The van der Waals surface area contributed by atoms with Crippen molar-refractivity contribution in [2.45, 2.75) is 18.4 Å². The average Bonchev–Trinajstić information content (AvgIpc) is 2.44. The van der Waals surface area contributed by atoms with Crippen molar-refractivity contribution in [3.8, 4) is 0 Å². The minimum atomic E-state index is -0.311. The van der Waals surface area contributed by atoms with Crippen molar-refractivity contribution in [1.82, 2.24) is 0 Å². The molecule has 0 fully saturated rings. The van der Waals surface area contributed by atoms with Crippen LogP contribution in [0, 0.1) is 0 Å². The van der Waals surface area contributed by atoms with E-state index in [-0.39, 0.29) is 5.54 Å². The largest absolute Gasteiger partial charge is 0.382 e. The highest BCUT2D eigenvalue weighted by Crippen LogP contribution is 2.36. The van der Waals surface area contributed by atoms with E-state index in [9.17, 15) is 0 Å². The Kier molecular flexibility index (Phi) is 2.52. The number of methoxy groups -OCH3 is 1. The van der Waals surface area contributed by atoms with Crippen LogP contribution in [0.1, 0.15) is 17.5 Å². The van der Waals surface area contributed by atoms with Gasteiger partial charge in [-0.05, 0) is 36.1 Å². The van der Waals surface area contributed by atoms with E-state index in [1.54, 1.807) is 7.11 Å². The fourth-order valence-corrected chi connectivity index (χ4v) is 2.35. The molecular formula is C11H14ClNO. The Balaban J connectivity index is 2.39. The fraction of sp³-hybridized carbons (Fsp3) is 0.455. The Bertz CT molecular complexity index is 353. The number of hydrogen-bond acceptors (Lipinski definition) is 2. The van der Waals surface area contributed by atoms with Crippen LogP contribution in [-0.2, 0) is 16.7 Å². The van der Waals surface area contributed by atoms with Gasteiger partial charge in [0.1, 0.15) is 0 Å². The molecule has 76 valence electrons. The van der Waals surface area contributed by atoms with Crippen LogP contribution in [0.4, 0.5) is 0 Å². The predicted molar refractivity (Wildman–Crippen MR) is 57.5 cm³/mol. The summed E-state index contributed by atoms with van der Waals surface area (Å²) in [6, 6.07) is 5.91. The summed E-state index contributed by atoms with van der Waals surface area (Å²) in [4.78, 5) is 0. The molecule has 1 aromatic carbocycles. The Labute approximate surface area is 89.0 Å². The average molecular weight is 212 g/mol. The molecule has 1 aliphatic rings. The van der Waals surface area contributed by atoms with Crippen molar-refractivity contribution >= 4 is 11.6 Å². The monoisotopic (exact) mass is 211 g/mol. The Morgan fingerprint density at radius 1 is 1.57 bits per heavy atom. The number of halogens is 1. The van der Waals surface area contributed by atoms with Gasteiger partial charge in [-0.1, -0.05) is 17.7 Å². The van der Waals surface area contributed by atoms with E-state index >= 15 is 0 Å². The maximum absolute atomic E-state index is 6.26. The van der Waals surface area contributed by atoms with Gasteiger partial charge < -0.3 is 10.5 Å². The van der Waals surface area contributed by atoms with Gasteiger partial charge in [-0.3, -0.25) is 0 Å². The SMILES string of the molecule is COCC1(N)CCc2cc(Cl)ccc21. The number of ether oxygens (including phenoxy) is 1. The summed E-state index contributed by atoms with van der Waals surface area (Å²) in [7, 11) is 1.68. The summed E-state index contributed by atoms with van der Waals surface area (Å²) in [6.07, 6.45) is 1.94. The van der Waals surface area contributed by atoms with Gasteiger partial charge in [-0.15, -0.1) is 0 Å². The highest BCUT2D eigenvalue weighted by atomic mass is 35.5. The standard InChI is InChI=1S/C11H14ClNO/c1-14-7-11(13)5-4-8-6-9(12)2-3-10(8)11/h2-3,6H,4-5,7,13H2,1H3. The number of hydrogen-bond donors (Lipinski definition) is 1. The van der Waals surface area contributed by atoms with E-state index in [0.29, 0.717) is 6.61 Å². The summed E-state index contributed by atoms with van der Waals surface area (Å²) in [5.41, 5.74) is 8.40. The first kappa shape index (κ1) is 9.97. The predicted octanol–water partition coefficient (Wildman–Crippen LogP) is 2.09. The second kappa shape index (κ2) is 3.54. The van der Waals surface area contributed by atoms with E-state index in [1.165, 1.54) is 11.1 Å². The lowest BCUT2D eigenvalue weighted by atomic mass is 9.94. The minimum Gasteiger partial charge on any atom is -0.382 e. The zero-order valence-corrected chi connectivity index (χ0v) is 8.97. The normalized spacial score (nSPS) is 25.1. The number of benzene rings is 1. The molecule has 0 aliphatic heterocycles. The van der Waals surface area contributed by atoms with Gasteiger partial charge in [0.15, 0.2) is 0 Å². The van der Waals surface area contributed by atoms with E-state index in [4.69, 9.17) is 22.1 Å². The molecule has 2 N–H and O–H groups in total. The molecule has 2 rings (SSSR count). The molecule has 14 heavy (non-hydrogen) atoms. The van der Waals surface area contributed by atoms with Gasteiger partial charge >= 0.3 is 0 Å². The second-order valence-electron chi connectivity index (χ2n) is 3.89. The minimum absolute atomic E-state index is 0.311. The van der Waals surface area contributed by atoms with Crippen molar-refractivity contribution in [3.05, 3.63) is 34.3 Å². The molecule has 2 nitrogen and oxygen atoms in total. The summed E-state index contributed by atoms with van der Waals surface area (Å²) >= 11 is 5.92. The van der Waals surface area contributed by atoms with Gasteiger partial charge in [0.05, 0.1) is 12.1 Å². The summed E-state index contributed by atoms with van der Waals surface area (Å²) in [6.45, 7) is 0.571. The van der Waals surface area contributed by atoms with Gasteiger partial charge in [0.2, 0.25) is 0 Å². The summed E-state index contributed by atoms with van der Waals surface area (Å²) in [5, 5.41) is 0.783. The Hall–Kier alpha value is -0.570. The molecule has 0 saturated carbocycles. The third-order valence-electron chi connectivity index (χ3n) is 2.85. The lowest BCUT2D eigenvalue weighted by Gasteiger charge is -2.24. The molecule has 1 aliphatic carbocycles. The van der Waals surface area contributed by atoms with Crippen LogP contribution >= 0.6 is 11.6 Å². The number of nitrogens with two attached hydrogens (primary N) is 1. The number of rotatable bonds is 2. The van der Waals surface area contributed by atoms with Gasteiger partial charge in [-0.25, -0.2) is 0 Å². The molecule has 3 heteroatoms. The van der Waals surface area contributed by atoms with E-state index in [2.05, 4.69) is 0 Å². The first-order valence-electron chi connectivity index (χ1n) is 4.72. The molecule has 0 aromatic heterocycles. The van der Waals surface area contributed by atoms with E-state index in [0.717, 1.165) is 17.9 Å². The van der Waals surface area contributed by atoms with Crippen LogP contribution in [0.2, 0.25) is 5.02 Å². The van der Waals surface area contributed by atoms with E-state index in [1.807, 2.05) is 18.2 Å².